The molecule has 0 saturated carbocycles. The molecule has 1 unspecified atom stereocenters. The molecule has 1 atom stereocenters. The first-order valence-electron chi connectivity index (χ1n) is 6.88. The topological polar surface area (TPSA) is 95.5 Å². The van der Waals surface area contributed by atoms with Crippen LogP contribution >= 0.6 is 0 Å². The van der Waals surface area contributed by atoms with Gasteiger partial charge in [-0.25, -0.2) is 4.79 Å². The summed E-state index contributed by atoms with van der Waals surface area (Å²) >= 11 is 0. The molecule has 0 radical (unpaired) electrons. The maximum absolute atomic E-state index is 11.8. The maximum Gasteiger partial charge on any atom is 0.330 e. The highest BCUT2D eigenvalue weighted by Gasteiger charge is 2.21. The van der Waals surface area contributed by atoms with Gasteiger partial charge in [-0.15, -0.1) is 0 Å². The third-order valence-corrected chi connectivity index (χ3v) is 2.84. The normalized spacial score (nSPS) is 11.5. The third-order valence-electron chi connectivity index (χ3n) is 2.84. The first-order chi connectivity index (χ1) is 10.0. The number of hydrogen-bond acceptors (Lipinski definition) is 3. The molecule has 0 aliphatic heterocycles. The number of rotatable bonds is 8. The maximum atomic E-state index is 11.8. The molecule has 1 aromatic rings. The van der Waals surface area contributed by atoms with Crippen LogP contribution in [0.1, 0.15) is 37.8 Å². The lowest BCUT2D eigenvalue weighted by atomic mass is 10.1. The number of carbonyl (C=O) groups excluding carboxylic acids is 2. The number of amides is 2. The zero-order valence-electron chi connectivity index (χ0n) is 12.0. The fourth-order valence-corrected chi connectivity index (χ4v) is 1.75. The van der Waals surface area contributed by atoms with E-state index in [9.17, 15) is 19.5 Å². The predicted molar refractivity (Wildman–Crippen MR) is 77.5 cm³/mol. The number of carbonyl (C=O) groups is 3. The summed E-state index contributed by atoms with van der Waals surface area (Å²) < 4.78 is 0. The Bertz CT molecular complexity index is 488. The van der Waals surface area contributed by atoms with Gasteiger partial charge in [-0.1, -0.05) is 37.3 Å². The fraction of sp³-hybridized carbons (Fsp3) is 0.400. The highest BCUT2D eigenvalue weighted by Crippen LogP contribution is 2.12. The number of nitrogens with one attached hydrogen (secondary N) is 2. The predicted octanol–water partition coefficient (Wildman–Crippen LogP) is 1.23. The van der Waals surface area contributed by atoms with Crippen LogP contribution in [0.5, 0.6) is 0 Å². The van der Waals surface area contributed by atoms with E-state index in [1.54, 1.807) is 30.3 Å². The quantitative estimate of drug-likeness (QED) is 0.671. The Labute approximate surface area is 123 Å². The summed E-state index contributed by atoms with van der Waals surface area (Å²) in [6, 6.07) is 7.34. The summed E-state index contributed by atoms with van der Waals surface area (Å²) in [5.41, 5.74) is 0.494. The van der Waals surface area contributed by atoms with Gasteiger partial charge in [0.15, 0.2) is 6.04 Å². The number of carboxylic acid groups (broad SMARTS) is 1. The minimum absolute atomic E-state index is 0.0356. The van der Waals surface area contributed by atoms with Gasteiger partial charge in [0.05, 0.1) is 0 Å². The van der Waals surface area contributed by atoms with Crippen LogP contribution in [0.3, 0.4) is 0 Å². The van der Waals surface area contributed by atoms with E-state index in [1.807, 2.05) is 6.92 Å². The summed E-state index contributed by atoms with van der Waals surface area (Å²) in [5, 5.41) is 14.3. The van der Waals surface area contributed by atoms with Crippen LogP contribution in [0.25, 0.3) is 0 Å². The molecule has 3 N–H and O–H groups in total. The van der Waals surface area contributed by atoms with Gasteiger partial charge < -0.3 is 15.7 Å². The Morgan fingerprint density at radius 3 is 2.29 bits per heavy atom. The van der Waals surface area contributed by atoms with Crippen molar-refractivity contribution < 1.29 is 19.5 Å². The number of carboxylic acids is 1. The molecule has 0 aromatic heterocycles. The molecule has 6 heteroatoms. The minimum atomic E-state index is -1.13. The summed E-state index contributed by atoms with van der Waals surface area (Å²) in [7, 11) is 0. The van der Waals surface area contributed by atoms with Gasteiger partial charge in [0.25, 0.3) is 0 Å². The zero-order valence-corrected chi connectivity index (χ0v) is 12.0. The average molecular weight is 292 g/mol. The summed E-state index contributed by atoms with van der Waals surface area (Å²) in [6.07, 6.45) is 0.839. The highest BCUT2D eigenvalue weighted by molar-refractivity contribution is 5.87. The van der Waals surface area contributed by atoms with Gasteiger partial charge in [0, 0.05) is 19.4 Å². The second-order valence-corrected chi connectivity index (χ2v) is 4.60. The van der Waals surface area contributed by atoms with Crippen molar-refractivity contribution in [3.63, 3.8) is 0 Å². The Morgan fingerprint density at radius 2 is 1.71 bits per heavy atom. The second-order valence-electron chi connectivity index (χ2n) is 4.60. The van der Waals surface area contributed by atoms with Crippen molar-refractivity contribution in [1.29, 1.82) is 0 Å². The number of hydrogen-bond donors (Lipinski definition) is 3. The Morgan fingerprint density at radius 1 is 1.10 bits per heavy atom. The molecule has 1 aromatic carbocycles. The molecule has 0 saturated heterocycles. The molecule has 21 heavy (non-hydrogen) atoms. The Balaban J connectivity index is 2.51. The van der Waals surface area contributed by atoms with Crippen LogP contribution in [-0.4, -0.2) is 29.4 Å². The number of benzene rings is 1. The van der Waals surface area contributed by atoms with E-state index in [-0.39, 0.29) is 18.7 Å². The smallest absolute Gasteiger partial charge is 0.330 e. The van der Waals surface area contributed by atoms with Crippen molar-refractivity contribution in [3.05, 3.63) is 35.9 Å². The van der Waals surface area contributed by atoms with Crippen LogP contribution < -0.4 is 10.6 Å². The fourth-order valence-electron chi connectivity index (χ4n) is 1.75. The van der Waals surface area contributed by atoms with Gasteiger partial charge >= 0.3 is 5.97 Å². The van der Waals surface area contributed by atoms with Crippen molar-refractivity contribution in [2.45, 2.75) is 32.2 Å². The van der Waals surface area contributed by atoms with Crippen LogP contribution in [0.4, 0.5) is 0 Å². The molecule has 0 spiro atoms. The number of aliphatic carboxylic acids is 1. The monoisotopic (exact) mass is 292 g/mol. The van der Waals surface area contributed by atoms with E-state index in [0.717, 1.165) is 6.42 Å². The largest absolute Gasteiger partial charge is 0.479 e. The van der Waals surface area contributed by atoms with Crippen molar-refractivity contribution in [3.8, 4) is 0 Å². The van der Waals surface area contributed by atoms with E-state index < -0.39 is 17.9 Å². The van der Waals surface area contributed by atoms with Crippen LogP contribution in [0, 0.1) is 0 Å². The summed E-state index contributed by atoms with van der Waals surface area (Å²) in [6.45, 7) is 2.51. The van der Waals surface area contributed by atoms with Crippen molar-refractivity contribution >= 4 is 17.8 Å². The molecule has 114 valence electrons. The minimum Gasteiger partial charge on any atom is -0.479 e. The van der Waals surface area contributed by atoms with E-state index >= 15 is 0 Å². The highest BCUT2D eigenvalue weighted by atomic mass is 16.4. The Hall–Kier alpha value is -2.37. The van der Waals surface area contributed by atoms with Gasteiger partial charge in [-0.05, 0) is 12.0 Å². The van der Waals surface area contributed by atoms with Crippen LogP contribution in [0.2, 0.25) is 0 Å². The first-order valence-corrected chi connectivity index (χ1v) is 6.88. The van der Waals surface area contributed by atoms with Gasteiger partial charge in [0.1, 0.15) is 0 Å². The SMILES string of the molecule is CCCNC(=O)CCC(=O)NC(C(=O)O)c1ccccc1. The molecular weight excluding hydrogens is 272 g/mol. The summed E-state index contributed by atoms with van der Waals surface area (Å²) in [4.78, 5) is 34.4. The standard InChI is InChI=1S/C15H20N2O4/c1-2-10-16-12(18)8-9-13(19)17-14(15(20)21)11-6-4-3-5-7-11/h3-7,14H,2,8-10H2,1H3,(H,16,18)(H,17,19)(H,20,21). The van der Waals surface area contributed by atoms with Gasteiger partial charge in [-0.3, -0.25) is 9.59 Å². The second kappa shape index (κ2) is 8.73. The van der Waals surface area contributed by atoms with Crippen molar-refractivity contribution in [2.75, 3.05) is 6.54 Å². The summed E-state index contributed by atoms with van der Waals surface area (Å²) in [5.74, 6) is -1.80. The average Bonchev–Trinajstić information content (AvgIpc) is 2.49. The molecular formula is C15H20N2O4. The zero-order chi connectivity index (χ0) is 15.7. The first kappa shape index (κ1) is 16.7. The van der Waals surface area contributed by atoms with Gasteiger partial charge in [-0.2, -0.15) is 0 Å². The molecule has 0 aliphatic rings. The molecule has 0 heterocycles. The lowest BCUT2D eigenvalue weighted by Gasteiger charge is -2.14. The molecule has 1 rings (SSSR count). The molecule has 2 amide bonds. The van der Waals surface area contributed by atoms with E-state index in [0.29, 0.717) is 12.1 Å². The molecule has 0 bridgehead atoms. The molecule has 0 fully saturated rings. The van der Waals surface area contributed by atoms with Crippen LogP contribution in [-0.2, 0) is 14.4 Å². The molecule has 6 nitrogen and oxygen atoms in total. The van der Waals surface area contributed by atoms with E-state index in [2.05, 4.69) is 10.6 Å². The molecule has 0 aliphatic carbocycles. The lowest BCUT2D eigenvalue weighted by molar-refractivity contribution is -0.142. The van der Waals surface area contributed by atoms with Crippen molar-refractivity contribution in [2.24, 2.45) is 0 Å². The third kappa shape index (κ3) is 6.07. The Kier molecular flexibility index (Phi) is 6.94. The van der Waals surface area contributed by atoms with E-state index in [4.69, 9.17) is 0 Å². The lowest BCUT2D eigenvalue weighted by Crippen LogP contribution is -2.34. The van der Waals surface area contributed by atoms with Crippen LogP contribution in [0.15, 0.2) is 30.3 Å². The van der Waals surface area contributed by atoms with E-state index in [1.165, 1.54) is 0 Å². The van der Waals surface area contributed by atoms with Gasteiger partial charge in [0.2, 0.25) is 11.8 Å². The van der Waals surface area contributed by atoms with Crippen molar-refractivity contribution in [1.82, 2.24) is 10.6 Å².